The smallest absolute Gasteiger partial charge is 0.408 e. The number of hydrogen-bond acceptors (Lipinski definition) is 3. The van der Waals surface area contributed by atoms with Gasteiger partial charge in [-0.2, -0.15) is 0 Å². The van der Waals surface area contributed by atoms with E-state index in [1.54, 1.807) is 20.8 Å². The van der Waals surface area contributed by atoms with Gasteiger partial charge >= 0.3 is 6.09 Å². The zero-order valence-electron chi connectivity index (χ0n) is 17.3. The second-order valence-corrected chi connectivity index (χ2v) is 8.26. The van der Waals surface area contributed by atoms with Crippen LogP contribution >= 0.6 is 0 Å². The molecule has 1 atom stereocenters. The quantitative estimate of drug-likeness (QED) is 0.719. The van der Waals surface area contributed by atoms with E-state index in [2.05, 4.69) is 10.6 Å². The van der Waals surface area contributed by atoms with Crippen LogP contribution in [0.25, 0.3) is 11.1 Å². The summed E-state index contributed by atoms with van der Waals surface area (Å²) < 4.78 is 5.28. The van der Waals surface area contributed by atoms with Crippen LogP contribution in [0.3, 0.4) is 0 Å². The van der Waals surface area contributed by atoms with Gasteiger partial charge < -0.3 is 15.4 Å². The first-order valence-electron chi connectivity index (χ1n) is 9.60. The first-order chi connectivity index (χ1) is 13.1. The number of alkyl carbamates (subject to hydrolysis) is 1. The van der Waals surface area contributed by atoms with E-state index >= 15 is 0 Å². The molecule has 0 fully saturated rings. The third-order valence-electron chi connectivity index (χ3n) is 3.97. The van der Waals surface area contributed by atoms with Gasteiger partial charge in [-0.1, -0.05) is 56.3 Å². The van der Waals surface area contributed by atoms with Crippen molar-refractivity contribution < 1.29 is 14.3 Å². The first-order valence-corrected chi connectivity index (χ1v) is 9.60. The number of amides is 2. The van der Waals surface area contributed by atoms with Crippen molar-refractivity contribution in [1.29, 1.82) is 0 Å². The van der Waals surface area contributed by atoms with Gasteiger partial charge in [0.25, 0.3) is 0 Å². The predicted octanol–water partition coefficient (Wildman–Crippen LogP) is 5.23. The minimum atomic E-state index is -0.663. The van der Waals surface area contributed by atoms with Crippen LogP contribution in [0.5, 0.6) is 0 Å². The van der Waals surface area contributed by atoms with E-state index in [1.165, 1.54) is 0 Å². The molecule has 2 N–H and O–H groups in total. The van der Waals surface area contributed by atoms with Crippen molar-refractivity contribution in [2.45, 2.75) is 52.7 Å². The van der Waals surface area contributed by atoms with Gasteiger partial charge in [0.05, 0.1) is 0 Å². The molecule has 5 heteroatoms. The van der Waals surface area contributed by atoms with Crippen molar-refractivity contribution >= 4 is 17.7 Å². The van der Waals surface area contributed by atoms with Gasteiger partial charge in [0.2, 0.25) is 5.91 Å². The zero-order chi connectivity index (χ0) is 20.7. The highest BCUT2D eigenvalue weighted by Gasteiger charge is 2.25. The number of nitrogens with one attached hydrogen (secondary N) is 2. The molecule has 150 valence electrons. The fraction of sp³-hybridized carbons (Fsp3) is 0.391. The summed E-state index contributed by atoms with van der Waals surface area (Å²) in [6.45, 7) is 9.38. The Bertz CT molecular complexity index is 778. The summed E-state index contributed by atoms with van der Waals surface area (Å²) in [5.74, 6) is -0.0156. The van der Waals surface area contributed by atoms with Crippen LogP contribution in [-0.2, 0) is 9.53 Å². The predicted molar refractivity (Wildman–Crippen MR) is 113 cm³/mol. The highest BCUT2D eigenvalue weighted by molar-refractivity contribution is 5.96. The summed E-state index contributed by atoms with van der Waals surface area (Å²) >= 11 is 0. The summed E-state index contributed by atoms with van der Waals surface area (Å²) in [5.41, 5.74) is 2.26. The number of rotatable bonds is 6. The van der Waals surface area contributed by atoms with Crippen LogP contribution < -0.4 is 10.6 Å². The average molecular weight is 383 g/mol. The normalized spacial score (nSPS) is 12.4. The molecule has 2 amide bonds. The molecule has 2 aromatic carbocycles. The average Bonchev–Trinajstić information content (AvgIpc) is 2.60. The third-order valence-corrected chi connectivity index (χ3v) is 3.97. The molecule has 0 saturated heterocycles. The molecule has 0 aliphatic rings. The molecule has 0 aliphatic heterocycles. The fourth-order valence-electron chi connectivity index (χ4n) is 2.76. The van der Waals surface area contributed by atoms with Crippen molar-refractivity contribution in [3.05, 3.63) is 54.6 Å². The van der Waals surface area contributed by atoms with Crippen molar-refractivity contribution in [2.75, 3.05) is 5.32 Å². The Kier molecular flexibility index (Phi) is 7.21. The zero-order valence-corrected chi connectivity index (χ0v) is 17.3. The van der Waals surface area contributed by atoms with Crippen LogP contribution in [-0.4, -0.2) is 23.6 Å². The first kappa shape index (κ1) is 21.5. The lowest BCUT2D eigenvalue weighted by molar-refractivity contribution is -0.118. The number of ether oxygens (including phenoxy) is 1. The van der Waals surface area contributed by atoms with E-state index in [0.29, 0.717) is 12.1 Å². The van der Waals surface area contributed by atoms with E-state index in [0.717, 1.165) is 11.1 Å². The topological polar surface area (TPSA) is 67.4 Å². The highest BCUT2D eigenvalue weighted by atomic mass is 16.6. The lowest BCUT2D eigenvalue weighted by Crippen LogP contribution is -2.46. The summed E-state index contributed by atoms with van der Waals surface area (Å²) in [6.07, 6.45) is -0.0691. The van der Waals surface area contributed by atoms with Crippen LogP contribution in [0.2, 0.25) is 0 Å². The number of anilines is 1. The van der Waals surface area contributed by atoms with Gasteiger partial charge in [-0.15, -0.1) is 0 Å². The Balaban J connectivity index is 2.04. The molecule has 0 spiro atoms. The summed E-state index contributed by atoms with van der Waals surface area (Å²) in [6, 6.07) is 17.0. The molecular weight excluding hydrogens is 352 g/mol. The van der Waals surface area contributed by atoms with Gasteiger partial charge in [-0.25, -0.2) is 4.79 Å². The minimum absolute atomic E-state index is 0.242. The van der Waals surface area contributed by atoms with Crippen LogP contribution in [0.4, 0.5) is 10.5 Å². The monoisotopic (exact) mass is 382 g/mol. The Morgan fingerprint density at radius 3 is 2.04 bits per heavy atom. The Labute approximate surface area is 167 Å². The second-order valence-electron chi connectivity index (χ2n) is 8.26. The highest BCUT2D eigenvalue weighted by Crippen LogP contribution is 2.21. The molecule has 0 bridgehead atoms. The molecule has 0 unspecified atom stereocenters. The molecule has 2 rings (SSSR count). The molecule has 5 nitrogen and oxygen atoms in total. The Morgan fingerprint density at radius 2 is 1.50 bits per heavy atom. The van der Waals surface area contributed by atoms with E-state index < -0.39 is 17.7 Å². The molecule has 0 saturated carbocycles. The standard InChI is InChI=1S/C23H30N2O3/c1-16(2)15-20(25-22(27)28-23(3,4)5)21(26)24-19-13-11-18(12-14-19)17-9-7-6-8-10-17/h6-14,16,20H,15H2,1-5H3,(H,24,26)(H,25,27)/t20-/m0/s1. The van der Waals surface area contributed by atoms with Crippen LogP contribution in [0, 0.1) is 5.92 Å². The second kappa shape index (κ2) is 9.40. The maximum Gasteiger partial charge on any atom is 0.408 e. The van der Waals surface area contributed by atoms with Gasteiger partial charge in [0.1, 0.15) is 11.6 Å². The maximum absolute atomic E-state index is 12.7. The van der Waals surface area contributed by atoms with Gasteiger partial charge in [-0.05, 0) is 56.4 Å². The maximum atomic E-state index is 12.7. The fourth-order valence-corrected chi connectivity index (χ4v) is 2.76. The summed E-state index contributed by atoms with van der Waals surface area (Å²) in [5, 5.41) is 5.57. The number of carbonyl (C=O) groups excluding carboxylic acids is 2. The minimum Gasteiger partial charge on any atom is -0.444 e. The van der Waals surface area contributed by atoms with Crippen molar-refractivity contribution in [3.8, 4) is 11.1 Å². The van der Waals surface area contributed by atoms with Gasteiger partial charge in [0.15, 0.2) is 0 Å². The molecule has 0 aromatic heterocycles. The van der Waals surface area contributed by atoms with E-state index in [4.69, 9.17) is 4.74 Å². The molecule has 2 aromatic rings. The van der Waals surface area contributed by atoms with Crippen LogP contribution in [0.15, 0.2) is 54.6 Å². The third kappa shape index (κ3) is 7.06. The lowest BCUT2D eigenvalue weighted by Gasteiger charge is -2.24. The lowest BCUT2D eigenvalue weighted by atomic mass is 10.0. The molecule has 28 heavy (non-hydrogen) atoms. The molecular formula is C23H30N2O3. The Morgan fingerprint density at radius 1 is 0.929 bits per heavy atom. The number of carbonyl (C=O) groups is 2. The Hall–Kier alpha value is -2.82. The van der Waals surface area contributed by atoms with Gasteiger partial charge in [0, 0.05) is 5.69 Å². The molecule has 0 heterocycles. The van der Waals surface area contributed by atoms with Gasteiger partial charge in [-0.3, -0.25) is 4.79 Å². The number of benzene rings is 2. The largest absolute Gasteiger partial charge is 0.444 e. The van der Waals surface area contributed by atoms with E-state index in [9.17, 15) is 9.59 Å². The SMILES string of the molecule is CC(C)C[C@H](NC(=O)OC(C)(C)C)C(=O)Nc1ccc(-c2ccccc2)cc1. The molecule has 0 radical (unpaired) electrons. The van der Waals surface area contributed by atoms with Crippen molar-refractivity contribution in [1.82, 2.24) is 5.32 Å². The van der Waals surface area contributed by atoms with E-state index in [-0.39, 0.29) is 11.8 Å². The number of hydrogen-bond donors (Lipinski definition) is 2. The van der Waals surface area contributed by atoms with Crippen molar-refractivity contribution in [3.63, 3.8) is 0 Å². The van der Waals surface area contributed by atoms with E-state index in [1.807, 2.05) is 68.4 Å². The van der Waals surface area contributed by atoms with Crippen molar-refractivity contribution in [2.24, 2.45) is 5.92 Å². The molecule has 0 aliphatic carbocycles. The summed E-state index contributed by atoms with van der Waals surface area (Å²) in [7, 11) is 0. The van der Waals surface area contributed by atoms with Crippen LogP contribution in [0.1, 0.15) is 41.0 Å². The summed E-state index contributed by atoms with van der Waals surface area (Å²) in [4.78, 5) is 24.8.